The van der Waals surface area contributed by atoms with Gasteiger partial charge in [-0.05, 0) is 80.5 Å². The normalized spacial score (nSPS) is 46.9. The highest BCUT2D eigenvalue weighted by molar-refractivity contribution is 5.66. The third-order valence-corrected chi connectivity index (χ3v) is 15.2. The van der Waals surface area contributed by atoms with Gasteiger partial charge in [0.1, 0.15) is 0 Å². The van der Waals surface area contributed by atoms with Crippen molar-refractivity contribution < 1.29 is 34.0 Å². The molecule has 0 radical (unpaired) electrons. The minimum Gasteiger partial charge on any atom is -0.481 e. The Morgan fingerprint density at radius 1 is 0.706 bits per heavy atom. The van der Waals surface area contributed by atoms with Crippen LogP contribution in [0.3, 0.4) is 0 Å². The molecule has 5 heterocycles. The maximum atomic E-state index is 11.9. The van der Waals surface area contributed by atoms with Crippen LogP contribution < -0.4 is 21.3 Å². The van der Waals surface area contributed by atoms with E-state index in [9.17, 15) is 15.0 Å². The van der Waals surface area contributed by atoms with Crippen molar-refractivity contribution >= 4 is 5.97 Å². The number of methoxy groups -OCH3 is 1. The average molecular weight is 721 g/mol. The van der Waals surface area contributed by atoms with Gasteiger partial charge in [-0.25, -0.2) is 0 Å². The lowest BCUT2D eigenvalue weighted by molar-refractivity contribution is -0.137. The third-order valence-electron chi connectivity index (χ3n) is 15.2. The SMILES string of the molecule is CCC1C2CC3NC4C(CC(O)C4C3C)C3NC(CC4NC(CC(N2)C1C)C(C(C)OCCOCCOCCOC)C4C)[C@@H](C)[C@@H]3CCC(=O)O. The van der Waals surface area contributed by atoms with E-state index < -0.39 is 5.97 Å². The Morgan fingerprint density at radius 2 is 1.27 bits per heavy atom. The zero-order valence-corrected chi connectivity index (χ0v) is 32.6. The Morgan fingerprint density at radius 3 is 1.98 bits per heavy atom. The summed E-state index contributed by atoms with van der Waals surface area (Å²) in [7, 11) is 1.68. The van der Waals surface area contributed by atoms with Crippen LogP contribution >= 0.6 is 0 Å². The fraction of sp³-hybridized carbons (Fsp3) is 0.975. The zero-order valence-electron chi connectivity index (χ0n) is 32.6. The lowest BCUT2D eigenvalue weighted by atomic mass is 9.76. The first kappa shape index (κ1) is 39.8. The summed E-state index contributed by atoms with van der Waals surface area (Å²) in [6.07, 6.45) is 5.80. The predicted molar refractivity (Wildman–Crippen MR) is 198 cm³/mol. The van der Waals surface area contributed by atoms with Crippen LogP contribution in [0, 0.1) is 53.3 Å². The highest BCUT2D eigenvalue weighted by Crippen LogP contribution is 2.50. The van der Waals surface area contributed by atoms with E-state index in [2.05, 4.69) is 62.8 Å². The number of nitrogens with one attached hydrogen (secondary N) is 4. The number of carboxylic acid groups (broad SMARTS) is 1. The van der Waals surface area contributed by atoms with E-state index >= 15 is 0 Å². The van der Waals surface area contributed by atoms with Crippen molar-refractivity contribution in [2.24, 2.45) is 53.3 Å². The molecule has 6 aliphatic rings. The number of ether oxygens (including phenoxy) is 4. The summed E-state index contributed by atoms with van der Waals surface area (Å²) < 4.78 is 23.0. The molecule has 51 heavy (non-hydrogen) atoms. The van der Waals surface area contributed by atoms with Crippen molar-refractivity contribution in [2.75, 3.05) is 46.8 Å². The van der Waals surface area contributed by atoms with Crippen molar-refractivity contribution in [2.45, 2.75) is 147 Å². The largest absolute Gasteiger partial charge is 0.481 e. The third kappa shape index (κ3) is 8.52. The molecule has 17 unspecified atom stereocenters. The van der Waals surface area contributed by atoms with Crippen LogP contribution in [0.25, 0.3) is 0 Å². The number of aliphatic hydroxyl groups excluding tert-OH is 1. The number of carbonyl (C=O) groups is 1. The summed E-state index contributed by atoms with van der Waals surface area (Å²) in [5.74, 6) is 2.87. The topological polar surface area (TPSA) is 143 Å². The van der Waals surface area contributed by atoms with Gasteiger partial charge >= 0.3 is 5.97 Å². The summed E-state index contributed by atoms with van der Waals surface area (Å²) in [6.45, 7) is 17.6. The van der Waals surface area contributed by atoms with Crippen molar-refractivity contribution in [3.8, 4) is 0 Å². The van der Waals surface area contributed by atoms with Gasteiger partial charge in [0, 0.05) is 73.7 Å². The van der Waals surface area contributed by atoms with Crippen molar-refractivity contribution in [3.63, 3.8) is 0 Å². The molecule has 6 rings (SSSR count). The lowest BCUT2D eigenvalue weighted by Crippen LogP contribution is -2.49. The Bertz CT molecular complexity index is 1120. The Hall–Kier alpha value is -0.890. The Balaban J connectivity index is 1.21. The summed E-state index contributed by atoms with van der Waals surface area (Å²) in [6, 6.07) is 2.69. The first-order valence-electron chi connectivity index (χ1n) is 20.7. The van der Waals surface area contributed by atoms with E-state index in [0.717, 1.165) is 25.7 Å². The molecule has 11 nitrogen and oxygen atoms in total. The van der Waals surface area contributed by atoms with Gasteiger partial charge in [-0.15, -0.1) is 0 Å². The van der Waals surface area contributed by atoms with Crippen molar-refractivity contribution in [3.05, 3.63) is 0 Å². The molecule has 8 bridgehead atoms. The van der Waals surface area contributed by atoms with E-state index in [4.69, 9.17) is 18.9 Å². The number of hydrogen-bond donors (Lipinski definition) is 6. The second kappa shape index (κ2) is 17.7. The van der Waals surface area contributed by atoms with Crippen molar-refractivity contribution in [1.29, 1.82) is 0 Å². The van der Waals surface area contributed by atoms with E-state index in [0.29, 0.717) is 124 Å². The van der Waals surface area contributed by atoms with Gasteiger partial charge in [0.2, 0.25) is 0 Å². The maximum Gasteiger partial charge on any atom is 0.303 e. The molecule has 0 aromatic carbocycles. The summed E-state index contributed by atoms with van der Waals surface area (Å²) in [5, 5.41) is 38.0. The molecule has 294 valence electrons. The van der Waals surface area contributed by atoms with Crippen LogP contribution in [-0.2, 0) is 23.7 Å². The molecule has 5 aliphatic heterocycles. The molecule has 0 aromatic rings. The molecule has 5 saturated heterocycles. The minimum absolute atomic E-state index is 0.0864. The van der Waals surface area contributed by atoms with E-state index in [1.807, 2.05) is 0 Å². The number of aliphatic hydroxyl groups is 1. The Labute approximate surface area is 307 Å². The maximum absolute atomic E-state index is 11.9. The van der Waals surface area contributed by atoms with Gasteiger partial charge in [-0.1, -0.05) is 41.0 Å². The first-order chi connectivity index (χ1) is 24.5. The number of fused-ring (bicyclic) bond motifs is 8. The molecule has 0 aromatic heterocycles. The highest BCUT2D eigenvalue weighted by Gasteiger charge is 2.58. The average Bonchev–Trinajstić information content (AvgIpc) is 3.85. The standard InChI is InChI=1S/C40H72N4O7/c1-8-26-21(2)29-20-34-37(25(6)51-16-15-50-14-13-49-12-11-48-7)23(4)31(42-34)18-30-22(3)27(9-10-36(46)47)39(43-30)28-17-35(45)38-24(5)32(44-40(28)38)19-33(26)41-29/h21-35,37-45H,8-20H2,1-7H3,(H,46,47)/t21?,22-,23?,24?,25?,26?,27-,28?,29?,30?,31?,32?,33?,34?,35?,37?,38?,39?,40?/m0/s1. The van der Waals surface area contributed by atoms with Gasteiger partial charge < -0.3 is 50.4 Å². The second-order valence-corrected chi connectivity index (χ2v) is 17.6. The molecule has 1 aliphatic carbocycles. The minimum atomic E-state index is -0.714. The van der Waals surface area contributed by atoms with E-state index in [-0.39, 0.29) is 42.5 Å². The van der Waals surface area contributed by atoms with Crippen LogP contribution in [0.1, 0.15) is 86.5 Å². The second-order valence-electron chi connectivity index (χ2n) is 17.6. The lowest BCUT2D eigenvalue weighted by Gasteiger charge is -2.32. The molecule has 0 spiro atoms. The van der Waals surface area contributed by atoms with E-state index in [1.165, 1.54) is 6.42 Å². The molecular weight excluding hydrogens is 648 g/mol. The summed E-state index contributed by atoms with van der Waals surface area (Å²) in [4.78, 5) is 11.9. The van der Waals surface area contributed by atoms with Crippen LogP contribution in [0.15, 0.2) is 0 Å². The van der Waals surface area contributed by atoms with Gasteiger partial charge in [-0.2, -0.15) is 0 Å². The molecule has 1 saturated carbocycles. The van der Waals surface area contributed by atoms with Gasteiger partial charge in [0.15, 0.2) is 0 Å². The smallest absolute Gasteiger partial charge is 0.303 e. The number of rotatable bonds is 15. The number of hydrogen-bond acceptors (Lipinski definition) is 10. The van der Waals surface area contributed by atoms with E-state index in [1.54, 1.807) is 7.11 Å². The number of aliphatic carboxylic acids is 1. The molecular formula is C40H72N4O7. The van der Waals surface area contributed by atoms with Gasteiger partial charge in [0.05, 0.1) is 51.8 Å². The highest BCUT2D eigenvalue weighted by atomic mass is 16.6. The first-order valence-corrected chi connectivity index (χ1v) is 20.7. The van der Waals surface area contributed by atoms with Crippen LogP contribution in [-0.4, -0.2) is 123 Å². The molecule has 19 atom stereocenters. The summed E-state index contributed by atoms with van der Waals surface area (Å²) in [5.41, 5.74) is 0. The number of carboxylic acids is 1. The predicted octanol–water partition coefficient (Wildman–Crippen LogP) is 3.28. The van der Waals surface area contributed by atoms with Gasteiger partial charge in [0.25, 0.3) is 0 Å². The monoisotopic (exact) mass is 721 g/mol. The molecule has 0 amide bonds. The fourth-order valence-electron chi connectivity index (χ4n) is 12.5. The quantitative estimate of drug-likeness (QED) is 0.139. The van der Waals surface area contributed by atoms with Crippen molar-refractivity contribution in [1.82, 2.24) is 21.3 Å². The van der Waals surface area contributed by atoms with Crippen LogP contribution in [0.2, 0.25) is 0 Å². The van der Waals surface area contributed by atoms with Crippen LogP contribution in [0.4, 0.5) is 0 Å². The molecule has 6 fully saturated rings. The molecule has 6 N–H and O–H groups in total. The fourth-order valence-corrected chi connectivity index (χ4v) is 12.5. The summed E-state index contributed by atoms with van der Waals surface area (Å²) >= 11 is 0. The zero-order chi connectivity index (χ0) is 36.4. The van der Waals surface area contributed by atoms with Gasteiger partial charge in [-0.3, -0.25) is 4.79 Å². The van der Waals surface area contributed by atoms with Crippen LogP contribution in [0.5, 0.6) is 0 Å². The molecule has 11 heteroatoms. The Kier molecular flexibility index (Phi) is 13.8.